The summed E-state index contributed by atoms with van der Waals surface area (Å²) in [6, 6.07) is 15.1. The monoisotopic (exact) mass is 386 g/mol. The summed E-state index contributed by atoms with van der Waals surface area (Å²) in [5.74, 6) is -1.03. The molecule has 0 radical (unpaired) electrons. The number of phenols is 1. The van der Waals surface area contributed by atoms with Crippen molar-refractivity contribution in [2.75, 3.05) is 0 Å². The number of rotatable bonds is 6. The molecule has 1 atom stereocenters. The minimum atomic E-state index is -0.783. The second-order valence-electron chi connectivity index (χ2n) is 7.18. The molecular formula is C25H22O4. The molecule has 4 nitrogen and oxygen atoms in total. The van der Waals surface area contributed by atoms with Crippen LogP contribution in [-0.2, 0) is 9.59 Å². The number of phenolic OH excluding ortho intramolecular Hbond substituents is 1. The Morgan fingerprint density at radius 2 is 1.69 bits per heavy atom. The van der Waals surface area contributed by atoms with Gasteiger partial charge in [0.25, 0.3) is 0 Å². The van der Waals surface area contributed by atoms with Crippen molar-refractivity contribution < 1.29 is 19.5 Å². The van der Waals surface area contributed by atoms with Crippen LogP contribution in [0.5, 0.6) is 5.75 Å². The number of Topliss-reactive ketones (excluding diaryl/α,β-unsaturated/α-hetero) is 1. The lowest BCUT2D eigenvalue weighted by atomic mass is 9.88. The van der Waals surface area contributed by atoms with E-state index in [1.54, 1.807) is 18.2 Å². The van der Waals surface area contributed by atoms with Crippen molar-refractivity contribution >= 4 is 34.7 Å². The third-order valence-corrected chi connectivity index (χ3v) is 5.17. The van der Waals surface area contributed by atoms with Crippen molar-refractivity contribution in [3.63, 3.8) is 0 Å². The molecule has 1 unspecified atom stereocenters. The van der Waals surface area contributed by atoms with Crippen LogP contribution >= 0.6 is 0 Å². The lowest BCUT2D eigenvalue weighted by molar-refractivity contribution is -0.123. The van der Waals surface area contributed by atoms with Gasteiger partial charge in [0, 0.05) is 0 Å². The first-order valence-corrected chi connectivity index (χ1v) is 9.32. The van der Waals surface area contributed by atoms with E-state index < -0.39 is 5.92 Å². The molecule has 0 aromatic heterocycles. The normalized spacial score (nSPS) is 12.6. The Kier molecular flexibility index (Phi) is 5.74. The molecule has 0 heterocycles. The zero-order chi connectivity index (χ0) is 21.1. The lowest BCUT2D eigenvalue weighted by Gasteiger charge is -2.16. The molecule has 4 heteroatoms. The molecule has 0 amide bonds. The first kappa shape index (κ1) is 20.2. The maximum absolute atomic E-state index is 11.7. The molecular weight excluding hydrogens is 364 g/mol. The van der Waals surface area contributed by atoms with Crippen molar-refractivity contribution in [3.8, 4) is 16.9 Å². The van der Waals surface area contributed by atoms with Gasteiger partial charge in [-0.25, -0.2) is 0 Å². The average molecular weight is 386 g/mol. The fourth-order valence-corrected chi connectivity index (χ4v) is 3.60. The largest absolute Gasteiger partial charge is 0.507 e. The second-order valence-corrected chi connectivity index (χ2v) is 7.18. The molecule has 29 heavy (non-hydrogen) atoms. The van der Waals surface area contributed by atoms with Crippen LogP contribution in [0.2, 0.25) is 0 Å². The van der Waals surface area contributed by atoms with Gasteiger partial charge in [0.05, 0.1) is 11.5 Å². The molecule has 3 aromatic rings. The van der Waals surface area contributed by atoms with Gasteiger partial charge in [-0.3, -0.25) is 9.59 Å². The molecule has 0 fully saturated rings. The van der Waals surface area contributed by atoms with Crippen LogP contribution < -0.4 is 0 Å². The van der Waals surface area contributed by atoms with Crippen molar-refractivity contribution in [2.45, 2.75) is 20.8 Å². The summed E-state index contributed by atoms with van der Waals surface area (Å²) < 4.78 is 0. The van der Waals surface area contributed by atoms with Crippen LogP contribution in [0.4, 0.5) is 0 Å². The van der Waals surface area contributed by atoms with Gasteiger partial charge in [-0.05, 0) is 71.5 Å². The highest BCUT2D eigenvalue weighted by Crippen LogP contribution is 2.37. The fraction of sp³-hybridized carbons (Fsp3) is 0.160. The van der Waals surface area contributed by atoms with Gasteiger partial charge in [0.2, 0.25) is 0 Å². The zero-order valence-corrected chi connectivity index (χ0v) is 16.6. The van der Waals surface area contributed by atoms with Crippen LogP contribution in [0.1, 0.15) is 35.3 Å². The van der Waals surface area contributed by atoms with Crippen molar-refractivity contribution in [2.24, 2.45) is 5.92 Å². The van der Waals surface area contributed by atoms with Crippen LogP contribution in [0, 0.1) is 12.8 Å². The molecule has 0 aliphatic rings. The Hall–Kier alpha value is -3.53. The van der Waals surface area contributed by atoms with Gasteiger partial charge >= 0.3 is 0 Å². The first-order chi connectivity index (χ1) is 13.9. The van der Waals surface area contributed by atoms with Gasteiger partial charge in [-0.2, -0.15) is 0 Å². The van der Waals surface area contributed by atoms with Gasteiger partial charge in [0.1, 0.15) is 17.8 Å². The summed E-state index contributed by atoms with van der Waals surface area (Å²) in [6.07, 6.45) is 2.97. The molecule has 0 spiro atoms. The molecule has 0 bridgehead atoms. The number of aromatic hydroxyl groups is 1. The van der Waals surface area contributed by atoms with E-state index in [1.165, 1.54) is 6.92 Å². The summed E-state index contributed by atoms with van der Waals surface area (Å²) in [5.41, 5.74) is 4.55. The third-order valence-electron chi connectivity index (χ3n) is 5.17. The number of hydrogen-bond acceptors (Lipinski definition) is 4. The molecule has 0 aliphatic heterocycles. The molecule has 1 N–H and O–H groups in total. The van der Waals surface area contributed by atoms with Crippen molar-refractivity contribution in [1.29, 1.82) is 0 Å². The number of fused-ring (bicyclic) bond motifs is 1. The Morgan fingerprint density at radius 1 is 1.00 bits per heavy atom. The number of ketones is 1. The maximum Gasteiger partial charge on any atom is 0.153 e. The molecule has 3 rings (SSSR count). The quantitative estimate of drug-likeness (QED) is 0.470. The van der Waals surface area contributed by atoms with Crippen LogP contribution in [0.15, 0.2) is 54.6 Å². The predicted octanol–water partition coefficient (Wildman–Crippen LogP) is 5.14. The number of benzene rings is 3. The van der Waals surface area contributed by atoms with E-state index in [1.807, 2.05) is 50.2 Å². The minimum Gasteiger partial charge on any atom is -0.507 e. The zero-order valence-electron chi connectivity index (χ0n) is 16.6. The topological polar surface area (TPSA) is 71.4 Å². The summed E-state index contributed by atoms with van der Waals surface area (Å²) >= 11 is 0. The summed E-state index contributed by atoms with van der Waals surface area (Å²) in [4.78, 5) is 34.3. The standard InChI is InChI=1S/C25H22O4/c1-15(10-19(13-26)17(3)28)21-8-4-6-18-7-5-9-22(25(18)21)23-12-20(14-27)24(29)11-16(23)2/h4-14,19,29H,1-3H3/b15-10+. The molecule has 0 aliphatic carbocycles. The fourth-order valence-electron chi connectivity index (χ4n) is 3.60. The first-order valence-electron chi connectivity index (χ1n) is 9.32. The van der Waals surface area contributed by atoms with E-state index in [9.17, 15) is 19.5 Å². The summed E-state index contributed by atoms with van der Waals surface area (Å²) in [5, 5.41) is 12.0. The second kappa shape index (κ2) is 8.23. The van der Waals surface area contributed by atoms with E-state index in [0.717, 1.165) is 38.6 Å². The smallest absolute Gasteiger partial charge is 0.153 e. The highest BCUT2D eigenvalue weighted by atomic mass is 16.3. The number of aldehydes is 2. The molecule has 0 saturated carbocycles. The van der Waals surface area contributed by atoms with Crippen molar-refractivity contribution in [1.82, 2.24) is 0 Å². The van der Waals surface area contributed by atoms with E-state index in [2.05, 4.69) is 0 Å². The van der Waals surface area contributed by atoms with Crippen LogP contribution in [0.25, 0.3) is 27.5 Å². The van der Waals surface area contributed by atoms with E-state index in [0.29, 0.717) is 12.6 Å². The highest BCUT2D eigenvalue weighted by molar-refractivity contribution is 6.05. The maximum atomic E-state index is 11.7. The number of aryl methyl sites for hydroxylation is 1. The Bertz CT molecular complexity index is 1150. The molecule has 146 valence electrons. The Balaban J connectivity index is 2.32. The SMILES string of the molecule is CC(=O)C(C=O)/C=C(\C)c1cccc2cccc(-c3cc(C=O)c(O)cc3C)c12. The van der Waals surface area contributed by atoms with E-state index in [-0.39, 0.29) is 17.1 Å². The van der Waals surface area contributed by atoms with Gasteiger partial charge in [0.15, 0.2) is 6.29 Å². The third kappa shape index (κ3) is 3.87. The number of hydrogen-bond donors (Lipinski definition) is 1. The van der Waals surface area contributed by atoms with Gasteiger partial charge in [-0.15, -0.1) is 0 Å². The molecule has 3 aromatic carbocycles. The lowest BCUT2D eigenvalue weighted by Crippen LogP contribution is -2.09. The van der Waals surface area contributed by atoms with Crippen molar-refractivity contribution in [3.05, 3.63) is 71.3 Å². The summed E-state index contributed by atoms with van der Waals surface area (Å²) in [7, 11) is 0. The number of carbonyl (C=O) groups is 3. The van der Waals surface area contributed by atoms with E-state index >= 15 is 0 Å². The summed E-state index contributed by atoms with van der Waals surface area (Å²) in [6.45, 7) is 5.16. The number of carbonyl (C=O) groups excluding carboxylic acids is 3. The highest BCUT2D eigenvalue weighted by Gasteiger charge is 2.15. The van der Waals surface area contributed by atoms with Crippen LogP contribution in [0.3, 0.4) is 0 Å². The number of allylic oxidation sites excluding steroid dienone is 2. The molecule has 0 saturated heterocycles. The van der Waals surface area contributed by atoms with E-state index in [4.69, 9.17) is 0 Å². The van der Waals surface area contributed by atoms with Crippen LogP contribution in [-0.4, -0.2) is 23.5 Å². The Labute approximate surface area is 169 Å². The van der Waals surface area contributed by atoms with Gasteiger partial charge in [-0.1, -0.05) is 42.5 Å². The minimum absolute atomic E-state index is 0.0481. The average Bonchev–Trinajstić information content (AvgIpc) is 2.71. The van der Waals surface area contributed by atoms with Gasteiger partial charge < -0.3 is 9.90 Å². The predicted molar refractivity (Wildman–Crippen MR) is 115 cm³/mol. The Morgan fingerprint density at radius 3 is 2.31 bits per heavy atom.